The molecule has 0 heterocycles. The van der Waals surface area contributed by atoms with Gasteiger partial charge in [-0.15, -0.1) is 0 Å². The SMILES string of the molecule is CCNC(C)c1ccccc1OCC(=O)NC(C)(C)CC. The Hall–Kier alpha value is -1.55. The van der Waals surface area contributed by atoms with Gasteiger partial charge in [0, 0.05) is 17.1 Å². The van der Waals surface area contributed by atoms with Gasteiger partial charge in [-0.25, -0.2) is 0 Å². The highest BCUT2D eigenvalue weighted by atomic mass is 16.5. The largest absolute Gasteiger partial charge is 0.483 e. The smallest absolute Gasteiger partial charge is 0.258 e. The van der Waals surface area contributed by atoms with E-state index >= 15 is 0 Å². The fraction of sp³-hybridized carbons (Fsp3) is 0.588. The van der Waals surface area contributed by atoms with Gasteiger partial charge >= 0.3 is 0 Å². The van der Waals surface area contributed by atoms with E-state index in [1.165, 1.54) is 0 Å². The Morgan fingerprint density at radius 2 is 1.95 bits per heavy atom. The normalized spacial score (nSPS) is 12.8. The summed E-state index contributed by atoms with van der Waals surface area (Å²) in [5.74, 6) is 0.670. The van der Waals surface area contributed by atoms with Crippen LogP contribution in [-0.2, 0) is 4.79 Å². The summed E-state index contributed by atoms with van der Waals surface area (Å²) in [6, 6.07) is 8.03. The zero-order valence-corrected chi connectivity index (χ0v) is 13.8. The zero-order chi connectivity index (χ0) is 15.9. The first-order valence-corrected chi connectivity index (χ1v) is 7.65. The van der Waals surface area contributed by atoms with Crippen molar-refractivity contribution in [3.05, 3.63) is 29.8 Å². The summed E-state index contributed by atoms with van der Waals surface area (Å²) < 4.78 is 5.70. The number of benzene rings is 1. The molecule has 0 saturated carbocycles. The number of nitrogens with one attached hydrogen (secondary N) is 2. The summed E-state index contributed by atoms with van der Waals surface area (Å²) in [5.41, 5.74) is 0.874. The Morgan fingerprint density at radius 1 is 1.29 bits per heavy atom. The van der Waals surface area contributed by atoms with E-state index in [2.05, 4.69) is 31.4 Å². The third-order valence-electron chi connectivity index (χ3n) is 3.62. The van der Waals surface area contributed by atoms with Crippen molar-refractivity contribution in [2.45, 2.75) is 52.6 Å². The maximum atomic E-state index is 11.9. The van der Waals surface area contributed by atoms with Crippen molar-refractivity contribution in [1.82, 2.24) is 10.6 Å². The Morgan fingerprint density at radius 3 is 2.57 bits per heavy atom. The molecule has 0 aliphatic carbocycles. The molecule has 2 N–H and O–H groups in total. The van der Waals surface area contributed by atoms with Crippen LogP contribution in [0.2, 0.25) is 0 Å². The van der Waals surface area contributed by atoms with Gasteiger partial charge in [0.25, 0.3) is 5.91 Å². The van der Waals surface area contributed by atoms with E-state index < -0.39 is 0 Å². The summed E-state index contributed by atoms with van der Waals surface area (Å²) in [5, 5.41) is 6.33. The lowest BCUT2D eigenvalue weighted by atomic mass is 10.0. The van der Waals surface area contributed by atoms with Gasteiger partial charge in [0.2, 0.25) is 0 Å². The molecule has 0 fully saturated rings. The first kappa shape index (κ1) is 17.5. The first-order chi connectivity index (χ1) is 9.89. The van der Waals surface area contributed by atoms with Crippen LogP contribution in [0.15, 0.2) is 24.3 Å². The third-order valence-corrected chi connectivity index (χ3v) is 3.62. The summed E-state index contributed by atoms with van der Waals surface area (Å²) in [4.78, 5) is 11.9. The molecule has 1 aromatic rings. The quantitative estimate of drug-likeness (QED) is 0.774. The Kier molecular flexibility index (Phi) is 6.69. The molecule has 0 spiro atoms. The fourth-order valence-electron chi connectivity index (χ4n) is 2.03. The van der Waals surface area contributed by atoms with Crippen LogP contribution in [0.25, 0.3) is 0 Å². The van der Waals surface area contributed by atoms with Gasteiger partial charge in [-0.05, 0) is 39.8 Å². The minimum absolute atomic E-state index is 0.0410. The number of ether oxygens (including phenoxy) is 1. The van der Waals surface area contributed by atoms with E-state index in [1.54, 1.807) is 0 Å². The molecule has 4 heteroatoms. The van der Waals surface area contributed by atoms with E-state index in [1.807, 2.05) is 38.1 Å². The molecular weight excluding hydrogens is 264 g/mol. The lowest BCUT2D eigenvalue weighted by molar-refractivity contribution is -0.124. The molecule has 0 aliphatic heterocycles. The first-order valence-electron chi connectivity index (χ1n) is 7.65. The van der Waals surface area contributed by atoms with Gasteiger partial charge in [-0.2, -0.15) is 0 Å². The van der Waals surface area contributed by atoms with Crippen molar-refractivity contribution in [3.8, 4) is 5.75 Å². The molecule has 0 radical (unpaired) electrons. The van der Waals surface area contributed by atoms with Crippen LogP contribution in [0.4, 0.5) is 0 Å². The molecule has 0 aliphatic rings. The molecule has 0 bridgehead atoms. The van der Waals surface area contributed by atoms with Crippen molar-refractivity contribution in [3.63, 3.8) is 0 Å². The van der Waals surface area contributed by atoms with Crippen molar-refractivity contribution in [2.75, 3.05) is 13.2 Å². The van der Waals surface area contributed by atoms with Crippen molar-refractivity contribution in [1.29, 1.82) is 0 Å². The predicted molar refractivity (Wildman–Crippen MR) is 86.5 cm³/mol. The minimum atomic E-state index is -0.197. The highest BCUT2D eigenvalue weighted by molar-refractivity contribution is 5.78. The number of rotatable bonds is 8. The Labute approximate surface area is 128 Å². The number of hydrogen-bond donors (Lipinski definition) is 2. The summed E-state index contributed by atoms with van der Waals surface area (Å²) >= 11 is 0. The second kappa shape index (κ2) is 8.03. The average Bonchev–Trinajstić information content (AvgIpc) is 2.45. The number of carbonyl (C=O) groups is 1. The predicted octanol–water partition coefficient (Wildman–Crippen LogP) is 3.04. The lowest BCUT2D eigenvalue weighted by Gasteiger charge is -2.24. The van der Waals surface area contributed by atoms with E-state index in [0.717, 1.165) is 24.3 Å². The molecule has 1 unspecified atom stereocenters. The van der Waals surface area contributed by atoms with Crippen LogP contribution in [0.5, 0.6) is 5.75 Å². The van der Waals surface area contributed by atoms with E-state index in [0.29, 0.717) is 0 Å². The Balaban J connectivity index is 2.65. The third kappa shape index (κ3) is 5.76. The molecule has 4 nitrogen and oxygen atoms in total. The summed E-state index contributed by atoms with van der Waals surface area (Å²) in [7, 11) is 0. The number of amides is 1. The van der Waals surface area contributed by atoms with Gasteiger partial charge in [0.1, 0.15) is 5.75 Å². The van der Waals surface area contributed by atoms with Crippen LogP contribution in [0.1, 0.15) is 52.6 Å². The second-order valence-corrected chi connectivity index (χ2v) is 5.89. The van der Waals surface area contributed by atoms with Gasteiger partial charge in [0.05, 0.1) is 0 Å². The van der Waals surface area contributed by atoms with Gasteiger partial charge < -0.3 is 15.4 Å². The van der Waals surface area contributed by atoms with Gasteiger partial charge in [-0.3, -0.25) is 4.79 Å². The standard InChI is InChI=1S/C17H28N2O2/c1-6-17(4,5)19-16(20)12-21-15-11-9-8-10-14(15)13(3)18-7-2/h8-11,13,18H,6-7,12H2,1-5H3,(H,19,20). The van der Waals surface area contributed by atoms with Crippen molar-refractivity contribution in [2.24, 2.45) is 0 Å². The van der Waals surface area contributed by atoms with Gasteiger partial charge in [0.15, 0.2) is 6.61 Å². The average molecular weight is 292 g/mol. The van der Waals surface area contributed by atoms with Crippen LogP contribution >= 0.6 is 0 Å². The molecular formula is C17H28N2O2. The molecule has 0 aromatic heterocycles. The number of carbonyl (C=O) groups excluding carboxylic acids is 1. The van der Waals surface area contributed by atoms with Crippen molar-refractivity contribution < 1.29 is 9.53 Å². The maximum absolute atomic E-state index is 11.9. The van der Waals surface area contributed by atoms with Crippen molar-refractivity contribution >= 4 is 5.91 Å². The van der Waals surface area contributed by atoms with E-state index in [4.69, 9.17) is 4.74 Å². The summed E-state index contributed by atoms with van der Waals surface area (Å²) in [6.07, 6.45) is 0.882. The van der Waals surface area contributed by atoms with Crippen LogP contribution in [-0.4, -0.2) is 24.6 Å². The Bertz CT molecular complexity index is 458. The van der Waals surface area contributed by atoms with E-state index in [9.17, 15) is 4.79 Å². The molecule has 1 amide bonds. The molecule has 1 rings (SSSR count). The van der Waals surface area contributed by atoms with Crippen LogP contribution in [0, 0.1) is 0 Å². The minimum Gasteiger partial charge on any atom is -0.483 e. The molecule has 21 heavy (non-hydrogen) atoms. The monoisotopic (exact) mass is 292 g/mol. The molecule has 0 saturated heterocycles. The highest BCUT2D eigenvalue weighted by Crippen LogP contribution is 2.24. The number of hydrogen-bond acceptors (Lipinski definition) is 3. The maximum Gasteiger partial charge on any atom is 0.258 e. The zero-order valence-electron chi connectivity index (χ0n) is 13.8. The highest BCUT2D eigenvalue weighted by Gasteiger charge is 2.18. The lowest BCUT2D eigenvalue weighted by Crippen LogP contribution is -2.45. The number of para-hydroxylation sites is 1. The van der Waals surface area contributed by atoms with Crippen LogP contribution in [0.3, 0.4) is 0 Å². The van der Waals surface area contributed by atoms with E-state index in [-0.39, 0.29) is 24.1 Å². The summed E-state index contributed by atoms with van der Waals surface area (Å²) in [6.45, 7) is 11.2. The fourth-order valence-corrected chi connectivity index (χ4v) is 2.03. The van der Waals surface area contributed by atoms with Gasteiger partial charge in [-0.1, -0.05) is 32.0 Å². The molecule has 118 valence electrons. The molecule has 1 atom stereocenters. The van der Waals surface area contributed by atoms with Crippen LogP contribution < -0.4 is 15.4 Å². The second-order valence-electron chi connectivity index (χ2n) is 5.89. The molecule has 1 aromatic carbocycles. The topological polar surface area (TPSA) is 50.4 Å².